The van der Waals surface area contributed by atoms with Crippen LogP contribution in [0.25, 0.3) is 0 Å². The number of nitro groups is 1. The minimum Gasteiger partial charge on any atom is -0.481 e. The molecule has 2 N–H and O–H groups in total. The number of rotatable bonds is 5. The molecule has 0 spiro atoms. The number of piperidine rings is 1. The molecule has 2 aromatic rings. The number of hydrogen-bond donors (Lipinski definition) is 2. The Morgan fingerprint density at radius 1 is 1.35 bits per heavy atom. The van der Waals surface area contributed by atoms with Crippen molar-refractivity contribution in [2.75, 3.05) is 23.3 Å². The third kappa shape index (κ3) is 3.68. The highest BCUT2D eigenvalue weighted by atomic mass is 16.6. The van der Waals surface area contributed by atoms with Crippen LogP contribution in [0.3, 0.4) is 0 Å². The van der Waals surface area contributed by atoms with Gasteiger partial charge in [-0.15, -0.1) is 0 Å². The zero-order chi connectivity index (χ0) is 18.7. The summed E-state index contributed by atoms with van der Waals surface area (Å²) >= 11 is 0. The Kier molecular flexibility index (Phi) is 4.92. The number of aliphatic carboxylic acids is 1. The minimum absolute atomic E-state index is 0.0541. The average molecular weight is 358 g/mol. The van der Waals surface area contributed by atoms with Gasteiger partial charge in [0.2, 0.25) is 11.6 Å². The number of carboxylic acid groups (broad SMARTS) is 1. The van der Waals surface area contributed by atoms with Crippen LogP contribution in [-0.4, -0.2) is 44.0 Å². The fourth-order valence-corrected chi connectivity index (χ4v) is 2.92. The molecule has 3 rings (SSSR count). The van der Waals surface area contributed by atoms with Crippen molar-refractivity contribution in [3.8, 4) is 0 Å². The lowest BCUT2D eigenvalue weighted by Gasteiger charge is -2.30. The number of carboxylic acids is 1. The molecular weight excluding hydrogens is 340 g/mol. The number of nitrogens with one attached hydrogen (secondary N) is 1. The van der Waals surface area contributed by atoms with E-state index in [9.17, 15) is 14.9 Å². The van der Waals surface area contributed by atoms with Crippen molar-refractivity contribution in [2.24, 2.45) is 5.92 Å². The van der Waals surface area contributed by atoms with Crippen LogP contribution in [0.15, 0.2) is 24.7 Å². The standard InChI is InChI=1S/C16H18N6O4/c1-10-2-5-17-12(8-10)20-14-13(22(25)26)15(19-9-18-14)21-6-3-11(4-7-21)16(23)24/h2,5,8-9,11H,3-4,6-7H2,1H3,(H,23,24)(H,17,18,19,20). The molecule has 0 atom stereocenters. The molecule has 1 fully saturated rings. The lowest BCUT2D eigenvalue weighted by molar-refractivity contribution is -0.383. The topological polar surface area (TPSA) is 134 Å². The molecule has 136 valence electrons. The van der Waals surface area contributed by atoms with Crippen LogP contribution in [0.5, 0.6) is 0 Å². The Hall–Kier alpha value is -3.30. The van der Waals surface area contributed by atoms with E-state index in [2.05, 4.69) is 20.3 Å². The van der Waals surface area contributed by atoms with Crippen molar-refractivity contribution in [3.05, 3.63) is 40.3 Å². The number of aryl methyl sites for hydroxylation is 1. The summed E-state index contributed by atoms with van der Waals surface area (Å²) in [7, 11) is 0. The average Bonchev–Trinajstić information content (AvgIpc) is 2.61. The SMILES string of the molecule is Cc1ccnc(Nc2ncnc(N3CCC(C(=O)O)CC3)c2[N+](=O)[O-])c1. The van der Waals surface area contributed by atoms with E-state index in [4.69, 9.17) is 5.11 Å². The first kappa shape index (κ1) is 17.5. The zero-order valence-electron chi connectivity index (χ0n) is 14.1. The van der Waals surface area contributed by atoms with Crippen LogP contribution < -0.4 is 10.2 Å². The molecule has 10 heteroatoms. The molecule has 2 aromatic heterocycles. The first-order valence-corrected chi connectivity index (χ1v) is 8.12. The fraction of sp³-hybridized carbons (Fsp3) is 0.375. The maximum Gasteiger partial charge on any atom is 0.353 e. The Labute approximate surface area is 149 Å². The van der Waals surface area contributed by atoms with E-state index in [1.54, 1.807) is 17.2 Å². The fourth-order valence-electron chi connectivity index (χ4n) is 2.92. The normalized spacial score (nSPS) is 14.9. The quantitative estimate of drug-likeness (QED) is 0.608. The molecule has 10 nitrogen and oxygen atoms in total. The molecule has 0 amide bonds. The summed E-state index contributed by atoms with van der Waals surface area (Å²) in [4.78, 5) is 36.2. The van der Waals surface area contributed by atoms with E-state index in [-0.39, 0.29) is 17.3 Å². The Balaban J connectivity index is 1.89. The Morgan fingerprint density at radius 3 is 2.69 bits per heavy atom. The molecule has 1 saturated heterocycles. The van der Waals surface area contributed by atoms with Gasteiger partial charge < -0.3 is 15.3 Å². The van der Waals surface area contributed by atoms with Gasteiger partial charge >= 0.3 is 11.7 Å². The van der Waals surface area contributed by atoms with Crippen LogP contribution in [0.1, 0.15) is 18.4 Å². The van der Waals surface area contributed by atoms with Gasteiger partial charge in [-0.1, -0.05) is 0 Å². The van der Waals surface area contributed by atoms with Crippen molar-refractivity contribution in [1.82, 2.24) is 15.0 Å². The van der Waals surface area contributed by atoms with Gasteiger partial charge in [0.25, 0.3) is 0 Å². The van der Waals surface area contributed by atoms with Crippen LogP contribution in [-0.2, 0) is 4.79 Å². The predicted molar refractivity (Wildman–Crippen MR) is 93.5 cm³/mol. The highest BCUT2D eigenvalue weighted by Gasteiger charge is 2.31. The third-order valence-corrected chi connectivity index (χ3v) is 4.29. The van der Waals surface area contributed by atoms with E-state index in [0.717, 1.165) is 5.56 Å². The van der Waals surface area contributed by atoms with Gasteiger partial charge in [-0.05, 0) is 37.5 Å². The second-order valence-electron chi connectivity index (χ2n) is 6.09. The van der Waals surface area contributed by atoms with Crippen molar-refractivity contribution >= 4 is 29.1 Å². The molecule has 26 heavy (non-hydrogen) atoms. The zero-order valence-corrected chi connectivity index (χ0v) is 14.1. The Bertz CT molecular complexity index is 835. The van der Waals surface area contributed by atoms with Crippen LogP contribution in [0.4, 0.5) is 23.1 Å². The van der Waals surface area contributed by atoms with Crippen molar-refractivity contribution in [1.29, 1.82) is 0 Å². The van der Waals surface area contributed by atoms with Gasteiger partial charge in [-0.3, -0.25) is 14.9 Å². The molecule has 0 radical (unpaired) electrons. The molecular formula is C16H18N6O4. The molecule has 1 aliphatic rings. The lowest BCUT2D eigenvalue weighted by Crippen LogP contribution is -2.37. The molecule has 3 heterocycles. The maximum absolute atomic E-state index is 11.7. The molecule has 0 bridgehead atoms. The van der Waals surface area contributed by atoms with Gasteiger partial charge in [0.1, 0.15) is 12.1 Å². The Morgan fingerprint density at radius 2 is 2.08 bits per heavy atom. The van der Waals surface area contributed by atoms with Crippen molar-refractivity contribution in [2.45, 2.75) is 19.8 Å². The van der Waals surface area contributed by atoms with Crippen LogP contribution >= 0.6 is 0 Å². The predicted octanol–water partition coefficient (Wildman–Crippen LogP) is 2.13. The first-order valence-electron chi connectivity index (χ1n) is 8.12. The molecule has 0 unspecified atom stereocenters. The maximum atomic E-state index is 11.7. The van der Waals surface area contributed by atoms with E-state index >= 15 is 0 Å². The highest BCUT2D eigenvalue weighted by molar-refractivity contribution is 5.74. The minimum atomic E-state index is -0.838. The molecule has 1 aliphatic heterocycles. The van der Waals surface area contributed by atoms with Gasteiger partial charge in [0.05, 0.1) is 10.8 Å². The van der Waals surface area contributed by atoms with E-state index in [0.29, 0.717) is 31.7 Å². The first-order chi connectivity index (χ1) is 12.5. The monoisotopic (exact) mass is 358 g/mol. The molecule has 0 aliphatic carbocycles. The van der Waals surface area contributed by atoms with Crippen LogP contribution in [0.2, 0.25) is 0 Å². The summed E-state index contributed by atoms with van der Waals surface area (Å²) in [6, 6.07) is 3.57. The third-order valence-electron chi connectivity index (χ3n) is 4.29. The van der Waals surface area contributed by atoms with Gasteiger partial charge in [-0.2, -0.15) is 0 Å². The van der Waals surface area contributed by atoms with Crippen molar-refractivity contribution in [3.63, 3.8) is 0 Å². The van der Waals surface area contributed by atoms with E-state index in [1.165, 1.54) is 6.33 Å². The summed E-state index contributed by atoms with van der Waals surface area (Å²) in [6.45, 7) is 2.66. The summed E-state index contributed by atoms with van der Waals surface area (Å²) in [5.41, 5.74) is 0.708. The second kappa shape index (κ2) is 7.30. The molecule has 0 saturated carbocycles. The lowest BCUT2D eigenvalue weighted by atomic mass is 9.97. The number of carbonyl (C=O) groups is 1. The highest BCUT2D eigenvalue weighted by Crippen LogP contribution is 2.35. The van der Waals surface area contributed by atoms with E-state index < -0.39 is 16.8 Å². The van der Waals surface area contributed by atoms with Crippen molar-refractivity contribution < 1.29 is 14.8 Å². The number of anilines is 3. The summed E-state index contributed by atoms with van der Waals surface area (Å²) in [6.07, 6.45) is 3.68. The largest absolute Gasteiger partial charge is 0.481 e. The smallest absolute Gasteiger partial charge is 0.353 e. The van der Waals surface area contributed by atoms with E-state index in [1.807, 2.05) is 13.0 Å². The molecule has 0 aromatic carbocycles. The van der Waals surface area contributed by atoms with Gasteiger partial charge in [0.15, 0.2) is 0 Å². The second-order valence-corrected chi connectivity index (χ2v) is 6.09. The number of aromatic nitrogens is 3. The number of pyridine rings is 1. The van der Waals surface area contributed by atoms with Gasteiger partial charge in [-0.25, -0.2) is 15.0 Å². The van der Waals surface area contributed by atoms with Gasteiger partial charge in [0, 0.05) is 19.3 Å². The summed E-state index contributed by atoms with van der Waals surface area (Å²) in [5, 5.41) is 23.6. The number of nitrogens with zero attached hydrogens (tertiary/aromatic N) is 5. The summed E-state index contributed by atoms with van der Waals surface area (Å²) < 4.78 is 0. The van der Waals surface area contributed by atoms with Crippen LogP contribution in [0, 0.1) is 23.0 Å². The summed E-state index contributed by atoms with van der Waals surface area (Å²) in [5.74, 6) is -0.583. The number of hydrogen-bond acceptors (Lipinski definition) is 8.